The van der Waals surface area contributed by atoms with Crippen LogP contribution in [0.15, 0.2) is 132 Å². The topological polar surface area (TPSA) is 42.8 Å². The van der Waals surface area contributed by atoms with Crippen molar-refractivity contribution in [1.29, 1.82) is 0 Å². The SMILES string of the molecule is c1cc2c(cc#1)NC(c1ccc3c(c1)Oc1cc4c(cc1O3)-c1ccccc1C4(c1ccccc1)c1ccccc1)C=N2. The molecular formula is C39H24N2O2. The van der Waals surface area contributed by atoms with Gasteiger partial charge in [0.05, 0.1) is 22.8 Å². The highest BCUT2D eigenvalue weighted by Crippen LogP contribution is 2.59. The molecule has 0 spiro atoms. The fraction of sp³-hybridized carbons (Fsp3) is 0.0513. The third kappa shape index (κ3) is 3.49. The van der Waals surface area contributed by atoms with Gasteiger partial charge >= 0.3 is 0 Å². The van der Waals surface area contributed by atoms with Gasteiger partial charge in [-0.15, -0.1) is 0 Å². The maximum atomic E-state index is 6.66. The molecule has 1 aliphatic carbocycles. The van der Waals surface area contributed by atoms with Gasteiger partial charge in [0.1, 0.15) is 0 Å². The summed E-state index contributed by atoms with van der Waals surface area (Å²) in [6, 6.07) is 50.2. The Morgan fingerprint density at radius 1 is 0.605 bits per heavy atom. The average molecular weight is 553 g/mol. The van der Waals surface area contributed by atoms with E-state index in [2.05, 4.69) is 126 Å². The third-order valence-electron chi connectivity index (χ3n) is 8.75. The van der Waals surface area contributed by atoms with Crippen LogP contribution in [0.1, 0.15) is 33.9 Å². The minimum Gasteiger partial charge on any atom is -0.449 e. The summed E-state index contributed by atoms with van der Waals surface area (Å²) in [5, 5.41) is 3.53. The first-order valence-electron chi connectivity index (χ1n) is 14.4. The van der Waals surface area contributed by atoms with E-state index in [1.54, 1.807) is 0 Å². The molecule has 0 saturated heterocycles. The van der Waals surface area contributed by atoms with Crippen LogP contribution in [-0.4, -0.2) is 6.21 Å². The second-order valence-corrected chi connectivity index (χ2v) is 11.1. The normalized spacial score (nSPS) is 16.1. The summed E-state index contributed by atoms with van der Waals surface area (Å²) in [6.07, 6.45) is 1.91. The van der Waals surface area contributed by atoms with Gasteiger partial charge in [-0.3, -0.25) is 4.99 Å². The van der Waals surface area contributed by atoms with E-state index < -0.39 is 5.41 Å². The van der Waals surface area contributed by atoms with E-state index in [-0.39, 0.29) is 6.04 Å². The molecule has 202 valence electrons. The first-order valence-corrected chi connectivity index (χ1v) is 14.4. The minimum atomic E-state index is -0.501. The van der Waals surface area contributed by atoms with Crippen LogP contribution in [0.5, 0.6) is 23.0 Å². The van der Waals surface area contributed by atoms with E-state index in [9.17, 15) is 0 Å². The second-order valence-electron chi connectivity index (χ2n) is 11.1. The molecule has 0 aromatic heterocycles. The summed E-state index contributed by atoms with van der Waals surface area (Å²) in [7, 11) is 0. The minimum absolute atomic E-state index is 0.100. The molecular weight excluding hydrogens is 528 g/mol. The summed E-state index contributed by atoms with van der Waals surface area (Å²) in [6.45, 7) is 0. The Balaban J connectivity index is 1.18. The summed E-state index contributed by atoms with van der Waals surface area (Å²) in [5.41, 5.74) is 9.53. The highest BCUT2D eigenvalue weighted by atomic mass is 16.6. The number of hydrogen-bond donors (Lipinski definition) is 1. The summed E-state index contributed by atoms with van der Waals surface area (Å²) < 4.78 is 13.2. The zero-order valence-electron chi connectivity index (χ0n) is 23.0. The molecule has 2 aliphatic heterocycles. The van der Waals surface area contributed by atoms with Crippen molar-refractivity contribution in [3.8, 4) is 34.1 Å². The van der Waals surface area contributed by atoms with Gasteiger partial charge in [0.25, 0.3) is 0 Å². The molecule has 0 saturated carbocycles. The lowest BCUT2D eigenvalue weighted by atomic mass is 9.67. The number of nitrogens with one attached hydrogen (secondary N) is 1. The molecule has 1 atom stereocenters. The van der Waals surface area contributed by atoms with Crippen molar-refractivity contribution in [1.82, 2.24) is 0 Å². The number of nitrogens with zero attached hydrogens (tertiary/aromatic N) is 1. The van der Waals surface area contributed by atoms with E-state index in [0.717, 1.165) is 22.5 Å². The molecule has 1 N–H and O–H groups in total. The van der Waals surface area contributed by atoms with Crippen molar-refractivity contribution in [3.05, 3.63) is 167 Å². The fourth-order valence-corrected chi connectivity index (χ4v) is 6.85. The van der Waals surface area contributed by atoms with Crippen molar-refractivity contribution in [2.45, 2.75) is 11.5 Å². The maximum Gasteiger partial charge on any atom is 0.170 e. The van der Waals surface area contributed by atoms with Gasteiger partial charge in [-0.2, -0.15) is 0 Å². The molecule has 43 heavy (non-hydrogen) atoms. The zero-order chi connectivity index (χ0) is 28.4. The van der Waals surface area contributed by atoms with Crippen LogP contribution in [0.3, 0.4) is 0 Å². The molecule has 0 fully saturated rings. The van der Waals surface area contributed by atoms with E-state index >= 15 is 0 Å². The molecule has 4 heteroatoms. The third-order valence-corrected chi connectivity index (χ3v) is 8.75. The molecule has 0 radical (unpaired) electrons. The second kappa shape index (κ2) is 9.11. The predicted molar refractivity (Wildman–Crippen MR) is 169 cm³/mol. The largest absolute Gasteiger partial charge is 0.449 e. The number of rotatable bonds is 3. The zero-order valence-corrected chi connectivity index (χ0v) is 23.0. The highest BCUT2D eigenvalue weighted by molar-refractivity contribution is 5.88. The molecule has 6 aromatic carbocycles. The van der Waals surface area contributed by atoms with Gasteiger partial charge in [0.15, 0.2) is 23.0 Å². The molecule has 1 unspecified atom stereocenters. The summed E-state index contributed by atoms with van der Waals surface area (Å²) in [4.78, 5) is 4.62. The Labute approximate surface area is 249 Å². The van der Waals surface area contributed by atoms with Crippen molar-refractivity contribution in [3.63, 3.8) is 0 Å². The lowest BCUT2D eigenvalue weighted by Crippen LogP contribution is -2.28. The van der Waals surface area contributed by atoms with Gasteiger partial charge in [-0.25, -0.2) is 0 Å². The fourth-order valence-electron chi connectivity index (χ4n) is 6.85. The van der Waals surface area contributed by atoms with Crippen molar-refractivity contribution < 1.29 is 9.47 Å². The molecule has 3 aliphatic rings. The Bertz CT molecular complexity index is 2030. The summed E-state index contributed by atoms with van der Waals surface area (Å²) in [5.74, 6) is 2.78. The van der Waals surface area contributed by atoms with Gasteiger partial charge in [-0.05, 0) is 63.2 Å². The van der Waals surface area contributed by atoms with Gasteiger partial charge in [0.2, 0.25) is 0 Å². The molecule has 6 aromatic rings. The number of ether oxygens (including phenoxy) is 2. The van der Waals surface area contributed by atoms with Crippen LogP contribution in [0.4, 0.5) is 11.4 Å². The number of aliphatic imine (C=N–C) groups is 1. The Hall–Kier alpha value is -5.79. The van der Waals surface area contributed by atoms with Gasteiger partial charge in [-0.1, -0.05) is 103 Å². The number of hydrogen-bond acceptors (Lipinski definition) is 4. The van der Waals surface area contributed by atoms with E-state index in [1.807, 2.05) is 30.5 Å². The molecule has 4 nitrogen and oxygen atoms in total. The first-order chi connectivity index (χ1) is 21.3. The Morgan fingerprint density at radius 3 is 2.09 bits per heavy atom. The molecule has 2 heterocycles. The van der Waals surface area contributed by atoms with Crippen molar-refractivity contribution in [2.24, 2.45) is 4.99 Å². The van der Waals surface area contributed by atoms with E-state index in [0.29, 0.717) is 23.0 Å². The lowest BCUT2D eigenvalue weighted by molar-refractivity contribution is 0.358. The smallest absolute Gasteiger partial charge is 0.170 e. The summed E-state index contributed by atoms with van der Waals surface area (Å²) >= 11 is 0. The van der Waals surface area contributed by atoms with E-state index in [4.69, 9.17) is 9.47 Å². The van der Waals surface area contributed by atoms with Crippen LogP contribution in [-0.2, 0) is 5.41 Å². The van der Waals surface area contributed by atoms with Gasteiger partial charge < -0.3 is 14.8 Å². The monoisotopic (exact) mass is 552 g/mol. The Kier molecular flexibility index (Phi) is 5.06. The van der Waals surface area contributed by atoms with Crippen LogP contribution >= 0.6 is 0 Å². The van der Waals surface area contributed by atoms with Crippen LogP contribution in [0.2, 0.25) is 0 Å². The quantitative estimate of drug-likeness (QED) is 0.237. The Morgan fingerprint density at radius 2 is 1.28 bits per heavy atom. The van der Waals surface area contributed by atoms with Crippen molar-refractivity contribution in [2.75, 3.05) is 5.32 Å². The van der Waals surface area contributed by atoms with Crippen LogP contribution in [0, 0.1) is 12.1 Å². The molecule has 9 rings (SSSR count). The standard InChI is InChI=1S/C39H24N2O2/c1-3-11-26(12-4-1)39(27-13-5-2-6-14-27)30-16-8-7-15-28(30)29-22-37-38(23-31(29)39)43-36-21-25(19-20-35(36)42-37)34-24-40-32-17-9-10-18-33(32)41-34/h1-8,11-24,34,41H. The first kappa shape index (κ1) is 23.9. The highest BCUT2D eigenvalue weighted by Gasteiger charge is 2.47. The van der Waals surface area contributed by atoms with Crippen LogP contribution in [0.25, 0.3) is 11.1 Å². The maximum absolute atomic E-state index is 6.66. The lowest BCUT2D eigenvalue weighted by Gasteiger charge is -2.34. The number of benzene rings is 5. The molecule has 0 amide bonds. The van der Waals surface area contributed by atoms with Crippen LogP contribution < -0.4 is 14.8 Å². The number of fused-ring (bicyclic) bond motifs is 6. The predicted octanol–water partition coefficient (Wildman–Crippen LogP) is 9.42. The van der Waals surface area contributed by atoms with E-state index in [1.165, 1.54) is 27.8 Å². The van der Waals surface area contributed by atoms with Crippen molar-refractivity contribution >= 4 is 17.6 Å². The molecule has 0 bridgehead atoms. The number of anilines is 1. The van der Waals surface area contributed by atoms with Gasteiger partial charge in [0, 0.05) is 18.3 Å². The average Bonchev–Trinajstić information content (AvgIpc) is 3.36.